The van der Waals surface area contributed by atoms with Gasteiger partial charge in [-0.1, -0.05) is 12.1 Å². The van der Waals surface area contributed by atoms with Gasteiger partial charge in [0.15, 0.2) is 11.5 Å². The van der Waals surface area contributed by atoms with Crippen LogP contribution < -0.4 is 10.5 Å². The largest absolute Gasteiger partial charge is 0.504 e. The third-order valence-electron chi connectivity index (χ3n) is 6.77. The Morgan fingerprint density at radius 1 is 1.18 bits per heavy atom. The fraction of sp³-hybridized carbons (Fsp3) is 0.308. The van der Waals surface area contributed by atoms with Crippen LogP contribution in [0.3, 0.4) is 0 Å². The molecule has 2 aliphatic heterocycles. The number of benzene rings is 2. The molecule has 2 aliphatic rings. The van der Waals surface area contributed by atoms with Crippen molar-refractivity contribution in [2.45, 2.75) is 43.8 Å². The molecule has 2 saturated heterocycles. The molecule has 34 heavy (non-hydrogen) atoms. The van der Waals surface area contributed by atoms with Gasteiger partial charge in [0.2, 0.25) is 5.69 Å². The number of methoxy groups -OCH3 is 1. The van der Waals surface area contributed by atoms with Crippen molar-refractivity contribution in [2.75, 3.05) is 7.11 Å². The van der Waals surface area contributed by atoms with Crippen molar-refractivity contribution in [1.29, 1.82) is 0 Å². The predicted molar refractivity (Wildman–Crippen MR) is 130 cm³/mol. The minimum atomic E-state index is -0.613. The summed E-state index contributed by atoms with van der Waals surface area (Å²) in [5.41, 5.74) is 8.06. The zero-order valence-electron chi connectivity index (χ0n) is 18.6. The fourth-order valence-electron chi connectivity index (χ4n) is 5.20. The molecule has 6 nitrogen and oxygen atoms in total. The van der Waals surface area contributed by atoms with Crippen molar-refractivity contribution >= 4 is 22.9 Å². The zero-order valence-corrected chi connectivity index (χ0v) is 19.4. The van der Waals surface area contributed by atoms with Crippen LogP contribution in [0.5, 0.6) is 11.5 Å². The third kappa shape index (κ3) is 3.81. The maximum atomic E-state index is 14.5. The first-order valence-electron chi connectivity index (χ1n) is 11.2. The number of carbonyl (C=O) groups excluding carboxylic acids is 1. The molecule has 3 heterocycles. The lowest BCUT2D eigenvalue weighted by molar-refractivity contribution is 0.0580. The van der Waals surface area contributed by atoms with Gasteiger partial charge in [-0.25, -0.2) is 9.24 Å². The second kappa shape index (κ2) is 8.75. The summed E-state index contributed by atoms with van der Waals surface area (Å²) in [4.78, 5) is 20.1. The lowest BCUT2D eigenvalue weighted by Gasteiger charge is -2.37. The van der Waals surface area contributed by atoms with Crippen molar-refractivity contribution in [2.24, 2.45) is 5.73 Å². The first-order valence-corrected chi connectivity index (χ1v) is 12.0. The Kier molecular flexibility index (Phi) is 5.76. The maximum absolute atomic E-state index is 14.5. The molecule has 0 aliphatic carbocycles. The number of thiophene rings is 1. The molecule has 2 fully saturated rings. The molecule has 2 aromatic carbocycles. The highest BCUT2D eigenvalue weighted by atomic mass is 32.1. The number of phenols is 1. The zero-order chi connectivity index (χ0) is 24.0. The van der Waals surface area contributed by atoms with E-state index >= 15 is 0 Å². The number of nitrogens with zero attached hydrogens (tertiary/aromatic N) is 2. The molecule has 1 aromatic heterocycles. The van der Waals surface area contributed by atoms with Crippen molar-refractivity contribution in [3.63, 3.8) is 0 Å². The maximum Gasteiger partial charge on any atom is 0.264 e. The van der Waals surface area contributed by atoms with E-state index in [9.17, 15) is 14.3 Å². The number of fused-ring (bicyclic) bond motifs is 2. The van der Waals surface area contributed by atoms with Crippen LogP contribution in [0.2, 0.25) is 0 Å². The number of halogens is 1. The number of carbonyl (C=O) groups is 1. The van der Waals surface area contributed by atoms with E-state index in [0.717, 1.165) is 30.6 Å². The van der Waals surface area contributed by atoms with Gasteiger partial charge >= 0.3 is 0 Å². The van der Waals surface area contributed by atoms with Crippen LogP contribution in [0, 0.1) is 12.4 Å². The number of hydrogen-bond acceptors (Lipinski definition) is 5. The van der Waals surface area contributed by atoms with E-state index < -0.39 is 5.82 Å². The molecule has 0 saturated carbocycles. The Balaban J connectivity index is 1.60. The molecule has 3 N–H and O–H groups in total. The molecule has 0 radical (unpaired) electrons. The van der Waals surface area contributed by atoms with Crippen molar-refractivity contribution in [3.8, 4) is 33.1 Å². The van der Waals surface area contributed by atoms with Gasteiger partial charge in [-0.3, -0.25) is 4.79 Å². The van der Waals surface area contributed by atoms with E-state index in [-0.39, 0.29) is 35.5 Å². The van der Waals surface area contributed by atoms with Gasteiger partial charge < -0.3 is 20.5 Å². The number of aromatic hydroxyl groups is 1. The quantitative estimate of drug-likeness (QED) is 0.481. The summed E-state index contributed by atoms with van der Waals surface area (Å²) in [6.07, 6.45) is 3.54. The fourth-order valence-corrected chi connectivity index (χ4v) is 6.32. The highest BCUT2D eigenvalue weighted by Crippen LogP contribution is 2.44. The highest BCUT2D eigenvalue weighted by Gasteiger charge is 2.43. The number of hydrogen-bond donors (Lipinski definition) is 2. The highest BCUT2D eigenvalue weighted by molar-refractivity contribution is 7.18. The van der Waals surface area contributed by atoms with Crippen LogP contribution in [0.15, 0.2) is 42.5 Å². The molecular weight excluding hydrogens is 453 g/mol. The topological polar surface area (TPSA) is 80.2 Å². The van der Waals surface area contributed by atoms with E-state index in [4.69, 9.17) is 17.0 Å². The van der Waals surface area contributed by atoms with Crippen LogP contribution in [-0.2, 0) is 0 Å². The number of ether oxygens (including phenoxy) is 1. The van der Waals surface area contributed by atoms with Crippen LogP contribution >= 0.6 is 11.3 Å². The predicted octanol–water partition coefficient (Wildman–Crippen LogP) is 5.58. The van der Waals surface area contributed by atoms with Gasteiger partial charge in [0.25, 0.3) is 5.91 Å². The average Bonchev–Trinajstić information content (AvgIpc) is 3.38. The molecule has 2 unspecified atom stereocenters. The molecule has 5 rings (SSSR count). The summed E-state index contributed by atoms with van der Waals surface area (Å²) in [5.74, 6) is -0.331. The number of phenolic OH excluding ortho intramolecular Hbond substituents is 1. The molecule has 174 valence electrons. The average molecular weight is 478 g/mol. The van der Waals surface area contributed by atoms with E-state index in [2.05, 4.69) is 4.85 Å². The SMILES string of the molecule is [C-]#[N+]c1ccc(-c2cc(C(=O)N3C4CCC3CC(N)C4)sc2-c2ccc(OC)c(O)c2)cc1F. The van der Waals surface area contributed by atoms with Crippen molar-refractivity contribution in [1.82, 2.24) is 4.90 Å². The summed E-state index contributed by atoms with van der Waals surface area (Å²) in [7, 11) is 1.47. The lowest BCUT2D eigenvalue weighted by Crippen LogP contribution is -2.49. The Labute approximate surface area is 201 Å². The number of nitrogens with two attached hydrogens (primary N) is 1. The summed E-state index contributed by atoms with van der Waals surface area (Å²) in [5, 5.41) is 10.3. The Hall–Kier alpha value is -3.41. The molecule has 2 atom stereocenters. The number of rotatable bonds is 4. The summed E-state index contributed by atoms with van der Waals surface area (Å²) in [6, 6.07) is 11.7. The Morgan fingerprint density at radius 2 is 1.88 bits per heavy atom. The summed E-state index contributed by atoms with van der Waals surface area (Å²) < 4.78 is 19.6. The molecule has 3 aromatic rings. The summed E-state index contributed by atoms with van der Waals surface area (Å²) >= 11 is 1.32. The minimum absolute atomic E-state index is 0.0233. The van der Waals surface area contributed by atoms with E-state index in [1.165, 1.54) is 30.6 Å². The molecule has 8 heteroatoms. The van der Waals surface area contributed by atoms with Crippen LogP contribution in [-0.4, -0.2) is 41.1 Å². The van der Waals surface area contributed by atoms with Crippen LogP contribution in [0.1, 0.15) is 35.4 Å². The number of piperidine rings is 1. The first-order chi connectivity index (χ1) is 16.4. The van der Waals surface area contributed by atoms with E-state index in [0.29, 0.717) is 27.3 Å². The van der Waals surface area contributed by atoms with Gasteiger partial charge in [0.05, 0.1) is 18.6 Å². The van der Waals surface area contributed by atoms with Gasteiger partial charge in [-0.15, -0.1) is 11.3 Å². The van der Waals surface area contributed by atoms with Gasteiger partial charge in [-0.05, 0) is 67.1 Å². The molecule has 2 bridgehead atoms. The summed E-state index contributed by atoms with van der Waals surface area (Å²) in [6.45, 7) is 7.12. The second-order valence-corrected chi connectivity index (χ2v) is 9.90. The normalized spacial score (nSPS) is 21.4. The van der Waals surface area contributed by atoms with Gasteiger partial charge in [0, 0.05) is 28.6 Å². The second-order valence-electron chi connectivity index (χ2n) is 8.85. The lowest BCUT2D eigenvalue weighted by atomic mass is 9.97. The van der Waals surface area contributed by atoms with Gasteiger partial charge in [0.1, 0.15) is 5.82 Å². The van der Waals surface area contributed by atoms with Crippen LogP contribution in [0.4, 0.5) is 10.1 Å². The van der Waals surface area contributed by atoms with E-state index in [1.54, 1.807) is 30.3 Å². The Bertz CT molecular complexity index is 1300. The van der Waals surface area contributed by atoms with E-state index in [1.807, 2.05) is 4.90 Å². The number of amides is 1. The molecule has 1 amide bonds. The first kappa shape index (κ1) is 22.4. The van der Waals surface area contributed by atoms with Gasteiger partial charge in [-0.2, -0.15) is 0 Å². The molecular formula is C26H24FN3O3S. The standard InChI is InChI=1S/C26H24FN3O3S/c1-29-21-7-3-14(9-20(21)27)19-13-24(26(32)30-17-5-6-18(30)12-16(28)11-17)34-25(19)15-4-8-23(33-2)22(31)10-15/h3-4,7-10,13,16-18,31H,5-6,11-12,28H2,2H3. The smallest absolute Gasteiger partial charge is 0.264 e. The monoisotopic (exact) mass is 477 g/mol. The molecule has 0 spiro atoms. The Morgan fingerprint density at radius 3 is 2.50 bits per heavy atom. The van der Waals surface area contributed by atoms with Crippen molar-refractivity contribution in [3.05, 3.63) is 64.6 Å². The minimum Gasteiger partial charge on any atom is -0.504 e. The third-order valence-corrected chi connectivity index (χ3v) is 7.94. The van der Waals surface area contributed by atoms with Crippen LogP contribution in [0.25, 0.3) is 26.4 Å². The van der Waals surface area contributed by atoms with Crippen molar-refractivity contribution < 1.29 is 19.0 Å².